The molecule has 5 rings (SSSR count). The van der Waals surface area contributed by atoms with Gasteiger partial charge in [-0.3, -0.25) is 4.79 Å². The summed E-state index contributed by atoms with van der Waals surface area (Å²) in [6, 6.07) is 9.18. The van der Waals surface area contributed by atoms with Crippen LogP contribution in [-0.2, 0) is 9.53 Å². The lowest BCUT2D eigenvalue weighted by Crippen LogP contribution is -2.41. The fraction of sp³-hybridized carbons (Fsp3) is 0.619. The van der Waals surface area contributed by atoms with Crippen molar-refractivity contribution in [2.24, 2.45) is 4.99 Å². The summed E-state index contributed by atoms with van der Waals surface area (Å²) in [6.45, 7) is 0. The van der Waals surface area contributed by atoms with E-state index in [1.165, 1.54) is 49.4 Å². The average Bonchev–Trinajstić information content (AvgIpc) is 3.25. The van der Waals surface area contributed by atoms with E-state index in [1.54, 1.807) is 0 Å². The molecule has 0 aromatic heterocycles. The lowest BCUT2D eigenvalue weighted by Gasteiger charge is -2.32. The monoisotopic (exact) mass is 370 g/mol. The molecule has 5 heteroatoms. The predicted octanol–water partition coefficient (Wildman–Crippen LogP) is 4.49. The van der Waals surface area contributed by atoms with Crippen LogP contribution in [0, 0.1) is 0 Å². The van der Waals surface area contributed by atoms with Crippen molar-refractivity contribution in [3.05, 3.63) is 29.8 Å². The molecule has 0 spiro atoms. The van der Waals surface area contributed by atoms with Crippen LogP contribution >= 0.6 is 11.8 Å². The number of fused-ring (bicyclic) bond motifs is 4. The third-order valence-electron chi connectivity index (χ3n) is 6.44. The largest absolute Gasteiger partial charge is 0.467 e. The van der Waals surface area contributed by atoms with E-state index in [0.29, 0.717) is 23.8 Å². The molecule has 26 heavy (non-hydrogen) atoms. The summed E-state index contributed by atoms with van der Waals surface area (Å²) >= 11 is 1.50. The van der Waals surface area contributed by atoms with E-state index >= 15 is 0 Å². The van der Waals surface area contributed by atoms with Gasteiger partial charge in [0.1, 0.15) is 6.10 Å². The summed E-state index contributed by atoms with van der Waals surface area (Å²) in [4.78, 5) is 19.9. The minimum absolute atomic E-state index is 0.207. The Morgan fingerprint density at radius 2 is 1.92 bits per heavy atom. The average molecular weight is 371 g/mol. The highest BCUT2D eigenvalue weighted by molar-refractivity contribution is 8.14. The maximum absolute atomic E-state index is 13.1. The van der Waals surface area contributed by atoms with Crippen LogP contribution in [0.3, 0.4) is 0 Å². The van der Waals surface area contributed by atoms with Crippen LogP contribution in [-0.4, -0.2) is 35.1 Å². The van der Waals surface area contributed by atoms with E-state index in [1.807, 2.05) is 0 Å². The molecule has 0 N–H and O–H groups in total. The van der Waals surface area contributed by atoms with E-state index in [0.717, 1.165) is 30.2 Å². The molecule has 2 aliphatic heterocycles. The number of anilines is 1. The van der Waals surface area contributed by atoms with E-state index in [9.17, 15) is 4.79 Å². The third-order valence-corrected chi connectivity index (χ3v) is 7.28. The molecule has 2 fully saturated rings. The molecule has 1 aromatic rings. The van der Waals surface area contributed by atoms with Crippen LogP contribution in [0.5, 0.6) is 0 Å². The lowest BCUT2D eigenvalue weighted by atomic mass is 9.82. The number of carbonyl (C=O) groups excluding carboxylic acids is 1. The number of aliphatic imine (C=N–C) groups is 1. The summed E-state index contributed by atoms with van der Waals surface area (Å²) in [5.74, 6) is 1.16. The Morgan fingerprint density at radius 1 is 1.12 bits per heavy atom. The minimum atomic E-state index is 0.207. The van der Waals surface area contributed by atoms with Gasteiger partial charge >= 0.3 is 0 Å². The maximum atomic E-state index is 13.1. The van der Waals surface area contributed by atoms with Gasteiger partial charge in [0.05, 0.1) is 11.8 Å². The van der Waals surface area contributed by atoms with E-state index in [-0.39, 0.29) is 12.0 Å². The molecule has 4 atom stereocenters. The summed E-state index contributed by atoms with van der Waals surface area (Å²) in [6.07, 6.45) is 9.82. The number of nitrogens with zero attached hydrogens (tertiary/aromatic N) is 2. The Bertz CT molecular complexity index is 734. The second-order valence-corrected chi connectivity index (χ2v) is 8.90. The Hall–Kier alpha value is -1.49. The van der Waals surface area contributed by atoms with Gasteiger partial charge in [-0.25, -0.2) is 4.99 Å². The third kappa shape index (κ3) is 2.84. The number of benzene rings is 1. The molecule has 1 aromatic carbocycles. The van der Waals surface area contributed by atoms with Crippen molar-refractivity contribution < 1.29 is 9.53 Å². The summed E-state index contributed by atoms with van der Waals surface area (Å²) in [5.41, 5.74) is 2.51. The molecule has 4 aliphatic rings. The molecule has 138 valence electrons. The number of hydrogen-bond donors (Lipinski definition) is 0. The van der Waals surface area contributed by atoms with Crippen LogP contribution in [0.25, 0.3) is 0 Å². The SMILES string of the molecule is O=C(CSC1=NC2CCCCC2O1)N1c2ccccc2C2CCCCC21. The van der Waals surface area contributed by atoms with E-state index in [4.69, 9.17) is 9.73 Å². The molecular formula is C21H26N2O2S. The Kier molecular flexibility index (Phi) is 4.43. The first-order valence-electron chi connectivity index (χ1n) is 10.1. The highest BCUT2D eigenvalue weighted by Gasteiger charge is 2.42. The summed E-state index contributed by atoms with van der Waals surface area (Å²) in [5, 5.41) is 0.739. The highest BCUT2D eigenvalue weighted by Crippen LogP contribution is 2.47. The van der Waals surface area contributed by atoms with E-state index < -0.39 is 0 Å². The van der Waals surface area contributed by atoms with Gasteiger partial charge in [-0.2, -0.15) is 0 Å². The summed E-state index contributed by atoms with van der Waals surface area (Å²) in [7, 11) is 0. The smallest absolute Gasteiger partial charge is 0.247 e. The second-order valence-electron chi connectivity index (χ2n) is 7.97. The molecule has 2 aliphatic carbocycles. The van der Waals surface area contributed by atoms with Crippen molar-refractivity contribution in [1.82, 2.24) is 0 Å². The van der Waals surface area contributed by atoms with Crippen LogP contribution in [0.1, 0.15) is 62.8 Å². The first-order chi connectivity index (χ1) is 12.8. The predicted molar refractivity (Wildman–Crippen MR) is 106 cm³/mol. The van der Waals surface area contributed by atoms with Crippen molar-refractivity contribution in [2.75, 3.05) is 10.7 Å². The van der Waals surface area contributed by atoms with Gasteiger partial charge in [0.15, 0.2) is 0 Å². The van der Waals surface area contributed by atoms with E-state index in [2.05, 4.69) is 29.2 Å². The Balaban J connectivity index is 1.29. The standard InChI is InChI=1S/C21H26N2O2S/c24-20(13-26-21-22-16-9-3-6-12-19(16)25-21)23-17-10-4-1-7-14(17)15-8-2-5-11-18(15)23/h1,4,7,10,15-16,18-19H,2-3,5-6,8-9,11-13H2. The van der Waals surface area contributed by atoms with Crippen molar-refractivity contribution in [2.45, 2.75) is 75.5 Å². The van der Waals surface area contributed by atoms with Crippen molar-refractivity contribution in [3.63, 3.8) is 0 Å². The topological polar surface area (TPSA) is 41.9 Å². The lowest BCUT2D eigenvalue weighted by molar-refractivity contribution is -0.116. The number of rotatable bonds is 2. The van der Waals surface area contributed by atoms with Crippen LogP contribution < -0.4 is 4.90 Å². The maximum Gasteiger partial charge on any atom is 0.247 e. The molecule has 4 unspecified atom stereocenters. The molecular weight excluding hydrogens is 344 g/mol. The van der Waals surface area contributed by atoms with Crippen LogP contribution in [0.15, 0.2) is 29.3 Å². The van der Waals surface area contributed by atoms with Gasteiger partial charge in [0.2, 0.25) is 11.1 Å². The number of hydrogen-bond acceptors (Lipinski definition) is 4. The Labute approximate surface area is 159 Å². The second kappa shape index (κ2) is 6.91. The normalized spacial score (nSPS) is 32.3. The number of carbonyl (C=O) groups is 1. The van der Waals surface area contributed by atoms with Crippen molar-refractivity contribution in [1.29, 1.82) is 0 Å². The fourth-order valence-electron chi connectivity index (χ4n) is 5.22. The van der Waals surface area contributed by atoms with Gasteiger partial charge < -0.3 is 9.64 Å². The van der Waals surface area contributed by atoms with Crippen LogP contribution in [0.4, 0.5) is 5.69 Å². The number of para-hydroxylation sites is 1. The molecule has 2 heterocycles. The van der Waals surface area contributed by atoms with Crippen molar-refractivity contribution >= 4 is 28.6 Å². The fourth-order valence-corrected chi connectivity index (χ4v) is 6.01. The van der Waals surface area contributed by atoms with Crippen molar-refractivity contribution in [3.8, 4) is 0 Å². The zero-order chi connectivity index (χ0) is 17.5. The number of amides is 1. The molecule has 1 amide bonds. The minimum Gasteiger partial charge on any atom is -0.467 e. The quantitative estimate of drug-likeness (QED) is 0.770. The summed E-state index contributed by atoms with van der Waals surface area (Å²) < 4.78 is 6.00. The highest BCUT2D eigenvalue weighted by atomic mass is 32.2. The molecule has 0 saturated heterocycles. The molecule has 0 radical (unpaired) electrons. The first kappa shape index (κ1) is 16.7. The number of ether oxygens (including phenoxy) is 1. The van der Waals surface area contributed by atoms with Gasteiger partial charge in [0, 0.05) is 17.6 Å². The molecule has 2 saturated carbocycles. The zero-order valence-electron chi connectivity index (χ0n) is 15.1. The van der Waals surface area contributed by atoms with Crippen LogP contribution in [0.2, 0.25) is 0 Å². The first-order valence-corrected chi connectivity index (χ1v) is 11.1. The van der Waals surface area contributed by atoms with Gasteiger partial charge in [-0.05, 0) is 43.7 Å². The zero-order valence-corrected chi connectivity index (χ0v) is 15.9. The molecule has 0 bridgehead atoms. The van der Waals surface area contributed by atoms with Gasteiger partial charge in [-0.1, -0.05) is 49.2 Å². The molecule has 4 nitrogen and oxygen atoms in total. The van der Waals surface area contributed by atoms with Gasteiger partial charge in [-0.15, -0.1) is 0 Å². The van der Waals surface area contributed by atoms with Gasteiger partial charge in [0.25, 0.3) is 0 Å². The Morgan fingerprint density at radius 3 is 2.85 bits per heavy atom. The number of thioether (sulfide) groups is 1.